The molecule has 3 rings (SSSR count). The lowest BCUT2D eigenvalue weighted by molar-refractivity contribution is 0.538. The predicted octanol–water partition coefficient (Wildman–Crippen LogP) is 3.70. The highest BCUT2D eigenvalue weighted by Gasteiger charge is 2.23. The summed E-state index contributed by atoms with van der Waals surface area (Å²) >= 11 is 2.04. The number of hydrogen-bond acceptors (Lipinski definition) is 4. The van der Waals surface area contributed by atoms with E-state index in [2.05, 4.69) is 36.3 Å². The Balaban J connectivity index is 1.84. The molecule has 0 radical (unpaired) electrons. The highest BCUT2D eigenvalue weighted by molar-refractivity contribution is 8.00. The normalized spacial score (nSPS) is 23.7. The molecule has 4 heteroatoms. The SMILES string of the molecule is CCc1nc2cc(NC3CCSC3C)ccc2o1. The molecule has 2 atom stereocenters. The van der Waals surface area contributed by atoms with E-state index in [0.29, 0.717) is 11.3 Å². The van der Waals surface area contributed by atoms with Crippen molar-refractivity contribution in [1.29, 1.82) is 0 Å². The third-order valence-corrected chi connectivity index (χ3v) is 4.79. The maximum atomic E-state index is 5.62. The fourth-order valence-corrected chi connectivity index (χ4v) is 3.55. The highest BCUT2D eigenvalue weighted by Crippen LogP contribution is 2.29. The Morgan fingerprint density at radius 3 is 3.11 bits per heavy atom. The molecule has 1 aromatic heterocycles. The summed E-state index contributed by atoms with van der Waals surface area (Å²) in [6.45, 7) is 4.35. The van der Waals surface area contributed by atoms with Crippen molar-refractivity contribution in [2.75, 3.05) is 11.1 Å². The Kier molecular flexibility index (Phi) is 3.20. The summed E-state index contributed by atoms with van der Waals surface area (Å²) in [6.07, 6.45) is 2.08. The molecule has 1 aliphatic heterocycles. The van der Waals surface area contributed by atoms with Gasteiger partial charge in [0.05, 0.1) is 0 Å². The first-order valence-corrected chi connectivity index (χ1v) is 7.58. The number of aryl methyl sites for hydroxylation is 1. The number of aromatic nitrogens is 1. The first kappa shape index (κ1) is 11.9. The molecule has 1 aromatic carbocycles. The van der Waals surface area contributed by atoms with E-state index in [9.17, 15) is 0 Å². The van der Waals surface area contributed by atoms with Gasteiger partial charge in [-0.3, -0.25) is 0 Å². The highest BCUT2D eigenvalue weighted by atomic mass is 32.2. The second-order valence-corrected chi connectivity index (χ2v) is 6.24. The fraction of sp³-hybridized carbons (Fsp3) is 0.500. The van der Waals surface area contributed by atoms with E-state index >= 15 is 0 Å². The van der Waals surface area contributed by atoms with Gasteiger partial charge in [-0.1, -0.05) is 13.8 Å². The van der Waals surface area contributed by atoms with Gasteiger partial charge in [0.2, 0.25) is 0 Å². The van der Waals surface area contributed by atoms with Crippen molar-refractivity contribution in [2.45, 2.75) is 38.0 Å². The van der Waals surface area contributed by atoms with Gasteiger partial charge < -0.3 is 9.73 Å². The van der Waals surface area contributed by atoms with Crippen LogP contribution in [0.15, 0.2) is 22.6 Å². The van der Waals surface area contributed by atoms with Crippen LogP contribution in [0.5, 0.6) is 0 Å². The summed E-state index contributed by atoms with van der Waals surface area (Å²) in [4.78, 5) is 4.47. The van der Waals surface area contributed by atoms with Crippen molar-refractivity contribution in [3.8, 4) is 0 Å². The molecule has 2 unspecified atom stereocenters. The molecule has 0 spiro atoms. The number of thioether (sulfide) groups is 1. The molecule has 0 bridgehead atoms. The molecule has 1 saturated heterocycles. The van der Waals surface area contributed by atoms with E-state index in [1.54, 1.807) is 0 Å². The van der Waals surface area contributed by atoms with Crippen LogP contribution < -0.4 is 5.32 Å². The van der Waals surface area contributed by atoms with E-state index < -0.39 is 0 Å². The van der Waals surface area contributed by atoms with Crippen LogP contribution >= 0.6 is 11.8 Å². The van der Waals surface area contributed by atoms with E-state index in [1.807, 2.05) is 17.8 Å². The average molecular weight is 262 g/mol. The Morgan fingerprint density at radius 1 is 1.50 bits per heavy atom. The van der Waals surface area contributed by atoms with Crippen LogP contribution in [-0.2, 0) is 6.42 Å². The van der Waals surface area contributed by atoms with Crippen LogP contribution in [0.2, 0.25) is 0 Å². The molecule has 0 amide bonds. The minimum Gasteiger partial charge on any atom is -0.441 e. The van der Waals surface area contributed by atoms with Crippen LogP contribution in [0.4, 0.5) is 5.69 Å². The van der Waals surface area contributed by atoms with Gasteiger partial charge in [0.25, 0.3) is 0 Å². The number of hydrogen-bond donors (Lipinski definition) is 1. The Hall–Kier alpha value is -1.16. The van der Waals surface area contributed by atoms with E-state index in [1.165, 1.54) is 12.2 Å². The van der Waals surface area contributed by atoms with Gasteiger partial charge in [-0.2, -0.15) is 11.8 Å². The number of benzene rings is 1. The largest absolute Gasteiger partial charge is 0.441 e. The topological polar surface area (TPSA) is 38.1 Å². The zero-order chi connectivity index (χ0) is 12.5. The number of fused-ring (bicyclic) bond motifs is 1. The molecule has 3 nitrogen and oxygen atoms in total. The molecule has 1 N–H and O–H groups in total. The number of nitrogens with zero attached hydrogens (tertiary/aromatic N) is 1. The lowest BCUT2D eigenvalue weighted by Crippen LogP contribution is -2.24. The predicted molar refractivity (Wildman–Crippen MR) is 77.3 cm³/mol. The Bertz CT molecular complexity index is 552. The maximum Gasteiger partial charge on any atom is 0.195 e. The third-order valence-electron chi connectivity index (χ3n) is 3.46. The summed E-state index contributed by atoms with van der Waals surface area (Å²) < 4.78 is 5.62. The molecule has 96 valence electrons. The standard InChI is InChI=1S/C14H18N2OS/c1-3-14-16-12-8-10(4-5-13(12)17-14)15-11-6-7-18-9(11)2/h4-5,8-9,11,15H,3,6-7H2,1-2H3. The van der Waals surface area contributed by atoms with Crippen LogP contribution in [-0.4, -0.2) is 22.0 Å². The Morgan fingerprint density at radius 2 is 2.39 bits per heavy atom. The van der Waals surface area contributed by atoms with E-state index in [0.717, 1.165) is 29.1 Å². The molecule has 18 heavy (non-hydrogen) atoms. The Labute approximate surface area is 111 Å². The number of nitrogens with one attached hydrogen (secondary N) is 1. The lowest BCUT2D eigenvalue weighted by Gasteiger charge is -2.17. The van der Waals surface area contributed by atoms with Crippen LogP contribution in [0.3, 0.4) is 0 Å². The van der Waals surface area contributed by atoms with E-state index in [-0.39, 0.29) is 0 Å². The van der Waals surface area contributed by atoms with Gasteiger partial charge in [0, 0.05) is 23.4 Å². The lowest BCUT2D eigenvalue weighted by atomic mass is 10.1. The summed E-state index contributed by atoms with van der Waals surface area (Å²) in [7, 11) is 0. The number of oxazole rings is 1. The van der Waals surface area contributed by atoms with Gasteiger partial charge in [-0.05, 0) is 30.4 Å². The van der Waals surface area contributed by atoms with Crippen LogP contribution in [0, 0.1) is 0 Å². The summed E-state index contributed by atoms with van der Waals surface area (Å²) in [5.74, 6) is 2.07. The molecular formula is C14H18N2OS. The minimum absolute atomic E-state index is 0.574. The number of anilines is 1. The molecule has 1 aliphatic rings. The van der Waals surface area contributed by atoms with Crippen LogP contribution in [0.25, 0.3) is 11.1 Å². The van der Waals surface area contributed by atoms with Gasteiger partial charge in [0.15, 0.2) is 11.5 Å². The quantitative estimate of drug-likeness (QED) is 0.915. The molecule has 2 heterocycles. The van der Waals surface area contributed by atoms with Crippen LogP contribution in [0.1, 0.15) is 26.2 Å². The van der Waals surface area contributed by atoms with Crippen molar-refractivity contribution in [3.05, 3.63) is 24.1 Å². The molecule has 1 fully saturated rings. The van der Waals surface area contributed by atoms with E-state index in [4.69, 9.17) is 4.42 Å². The smallest absolute Gasteiger partial charge is 0.195 e. The van der Waals surface area contributed by atoms with Gasteiger partial charge in [0.1, 0.15) is 5.52 Å². The second-order valence-electron chi connectivity index (χ2n) is 4.76. The number of rotatable bonds is 3. The van der Waals surface area contributed by atoms with Crippen molar-refractivity contribution in [3.63, 3.8) is 0 Å². The maximum absolute atomic E-state index is 5.62. The van der Waals surface area contributed by atoms with Gasteiger partial charge in [-0.15, -0.1) is 0 Å². The fourth-order valence-electron chi connectivity index (χ4n) is 2.35. The summed E-state index contributed by atoms with van der Waals surface area (Å²) in [5, 5.41) is 4.29. The zero-order valence-electron chi connectivity index (χ0n) is 10.8. The first-order valence-electron chi connectivity index (χ1n) is 6.54. The summed E-state index contributed by atoms with van der Waals surface area (Å²) in [6, 6.07) is 6.76. The summed E-state index contributed by atoms with van der Waals surface area (Å²) in [5.41, 5.74) is 2.99. The van der Waals surface area contributed by atoms with Gasteiger partial charge in [-0.25, -0.2) is 4.98 Å². The second kappa shape index (κ2) is 4.84. The van der Waals surface area contributed by atoms with Crippen molar-refractivity contribution < 1.29 is 4.42 Å². The zero-order valence-corrected chi connectivity index (χ0v) is 11.6. The molecular weight excluding hydrogens is 244 g/mol. The monoisotopic (exact) mass is 262 g/mol. The molecule has 2 aromatic rings. The molecule has 0 saturated carbocycles. The van der Waals surface area contributed by atoms with Gasteiger partial charge >= 0.3 is 0 Å². The van der Waals surface area contributed by atoms with Crippen molar-refractivity contribution >= 4 is 28.5 Å². The van der Waals surface area contributed by atoms with Crippen molar-refractivity contribution in [2.24, 2.45) is 0 Å². The first-order chi connectivity index (χ1) is 8.76. The average Bonchev–Trinajstić information content (AvgIpc) is 2.95. The van der Waals surface area contributed by atoms with Crippen molar-refractivity contribution in [1.82, 2.24) is 4.98 Å². The minimum atomic E-state index is 0.574. The third kappa shape index (κ3) is 2.21. The molecule has 0 aliphatic carbocycles.